The van der Waals surface area contributed by atoms with E-state index in [1.54, 1.807) is 0 Å². The largest absolute Gasteiger partial charge is 0.382 e. The highest BCUT2D eigenvalue weighted by molar-refractivity contribution is 6.31. The lowest BCUT2D eigenvalue weighted by molar-refractivity contribution is 0.129. The molecule has 0 aliphatic heterocycles. The first-order valence-corrected chi connectivity index (χ1v) is 12.1. The molecule has 1 fully saturated rings. The van der Waals surface area contributed by atoms with Crippen LogP contribution in [0.15, 0.2) is 48.7 Å². The van der Waals surface area contributed by atoms with Gasteiger partial charge in [-0.15, -0.1) is 0 Å². The number of halogens is 1. The fourth-order valence-electron chi connectivity index (χ4n) is 4.44. The lowest BCUT2D eigenvalue weighted by Gasteiger charge is -2.30. The number of anilines is 1. The van der Waals surface area contributed by atoms with E-state index in [0.29, 0.717) is 12.1 Å². The van der Waals surface area contributed by atoms with Crippen LogP contribution in [0.2, 0.25) is 5.02 Å². The van der Waals surface area contributed by atoms with Crippen molar-refractivity contribution in [2.45, 2.75) is 57.5 Å². The van der Waals surface area contributed by atoms with Gasteiger partial charge in [0.1, 0.15) is 0 Å². The number of benzene rings is 1. The number of aromatic nitrogens is 2. The van der Waals surface area contributed by atoms with E-state index in [2.05, 4.69) is 44.9 Å². The van der Waals surface area contributed by atoms with Gasteiger partial charge >= 0.3 is 0 Å². The molecular weight excluding hydrogens is 420 g/mol. The first-order valence-electron chi connectivity index (χ1n) is 11.7. The fraction of sp³-hybridized carbons (Fsp3) is 0.462. The highest BCUT2D eigenvalue weighted by Crippen LogP contribution is 2.28. The summed E-state index contributed by atoms with van der Waals surface area (Å²) in [4.78, 5) is 8.98. The zero-order chi connectivity index (χ0) is 22.2. The summed E-state index contributed by atoms with van der Waals surface area (Å²) in [7, 11) is 0. The topological polar surface area (TPSA) is 59.1 Å². The van der Waals surface area contributed by atoms with Gasteiger partial charge in [0.15, 0.2) is 0 Å². The van der Waals surface area contributed by atoms with Crippen LogP contribution in [-0.2, 0) is 11.2 Å². The third kappa shape index (κ3) is 6.64. The van der Waals surface area contributed by atoms with E-state index >= 15 is 0 Å². The zero-order valence-electron chi connectivity index (χ0n) is 18.8. The Morgan fingerprint density at radius 1 is 1.03 bits per heavy atom. The Balaban J connectivity index is 1.10. The number of nitrogens with zero attached hydrogens (tertiary/aromatic N) is 2. The maximum atomic E-state index is 6.11. The maximum Gasteiger partial charge on any atom is 0.0737 e. The van der Waals surface area contributed by atoms with Gasteiger partial charge in [-0.05, 0) is 81.8 Å². The normalized spacial score (nSPS) is 18.7. The van der Waals surface area contributed by atoms with Crippen molar-refractivity contribution in [3.8, 4) is 0 Å². The smallest absolute Gasteiger partial charge is 0.0737 e. The molecule has 0 radical (unpaired) electrons. The molecule has 1 aliphatic carbocycles. The molecule has 170 valence electrons. The van der Waals surface area contributed by atoms with E-state index in [1.807, 2.05) is 31.3 Å². The molecular formula is C26H33ClN4O. The number of hydrogen-bond donors (Lipinski definition) is 2. The maximum absolute atomic E-state index is 6.11. The second kappa shape index (κ2) is 11.6. The van der Waals surface area contributed by atoms with Crippen molar-refractivity contribution in [3.05, 3.63) is 65.1 Å². The Labute approximate surface area is 195 Å². The molecule has 2 N–H and O–H groups in total. The Morgan fingerprint density at radius 2 is 1.88 bits per heavy atom. The van der Waals surface area contributed by atoms with Crippen LogP contribution in [0.1, 0.15) is 43.5 Å². The van der Waals surface area contributed by atoms with Crippen LogP contribution < -0.4 is 10.6 Å². The number of fused-ring (bicyclic) bond motifs is 1. The van der Waals surface area contributed by atoms with E-state index in [4.69, 9.17) is 16.3 Å². The molecule has 1 aromatic carbocycles. The minimum Gasteiger partial charge on any atom is -0.382 e. The molecule has 0 saturated heterocycles. The number of ether oxygens (including phenoxy) is 1. The van der Waals surface area contributed by atoms with Gasteiger partial charge in [-0.1, -0.05) is 17.7 Å². The molecule has 0 spiro atoms. The van der Waals surface area contributed by atoms with E-state index < -0.39 is 0 Å². The van der Waals surface area contributed by atoms with Crippen molar-refractivity contribution in [3.63, 3.8) is 0 Å². The van der Waals surface area contributed by atoms with Gasteiger partial charge in [-0.25, -0.2) is 0 Å². The standard InChI is InChI=1S/C26H33ClN4O/c1-19-4-2-5-22(30-19)6-3-16-32-17-15-28-21-8-10-23(11-9-21)31-25-13-14-29-26-18-20(27)7-12-24(25)26/h2,4-5,7,12-14,18,21,23,28H,3,6,8-11,15-17H2,1H3,(H,29,31)/t21-,23+. The molecule has 0 atom stereocenters. The van der Waals surface area contributed by atoms with Crippen LogP contribution in [0.3, 0.4) is 0 Å². The van der Waals surface area contributed by atoms with Crippen LogP contribution in [0, 0.1) is 6.92 Å². The number of pyridine rings is 2. The van der Waals surface area contributed by atoms with Crippen molar-refractivity contribution in [1.29, 1.82) is 0 Å². The third-order valence-electron chi connectivity index (χ3n) is 6.14. The van der Waals surface area contributed by atoms with Crippen LogP contribution in [0.5, 0.6) is 0 Å². The Bertz CT molecular complexity index is 1000. The molecule has 0 amide bonds. The molecule has 1 aliphatic rings. The summed E-state index contributed by atoms with van der Waals surface area (Å²) >= 11 is 6.11. The monoisotopic (exact) mass is 452 g/mol. The minimum absolute atomic E-state index is 0.501. The molecule has 2 aromatic heterocycles. The molecule has 32 heavy (non-hydrogen) atoms. The molecule has 0 bridgehead atoms. The number of hydrogen-bond acceptors (Lipinski definition) is 5. The lowest BCUT2D eigenvalue weighted by atomic mass is 9.91. The summed E-state index contributed by atoms with van der Waals surface area (Å²) in [6.45, 7) is 4.51. The van der Waals surface area contributed by atoms with E-state index in [1.165, 1.54) is 25.7 Å². The van der Waals surface area contributed by atoms with Crippen molar-refractivity contribution < 1.29 is 4.74 Å². The lowest BCUT2D eigenvalue weighted by Crippen LogP contribution is -2.38. The number of aryl methyl sites for hydroxylation is 2. The van der Waals surface area contributed by atoms with Gasteiger partial charge in [-0.2, -0.15) is 0 Å². The average molecular weight is 453 g/mol. The molecule has 6 heteroatoms. The van der Waals surface area contributed by atoms with Crippen molar-refractivity contribution in [2.75, 3.05) is 25.1 Å². The Hall–Kier alpha value is -2.21. The summed E-state index contributed by atoms with van der Waals surface area (Å²) in [5, 5.41) is 9.25. The van der Waals surface area contributed by atoms with E-state index in [9.17, 15) is 0 Å². The molecule has 4 rings (SSSR count). The second-order valence-corrected chi connectivity index (χ2v) is 9.09. The Kier molecular flexibility index (Phi) is 8.32. The van der Waals surface area contributed by atoms with Gasteiger partial charge in [-0.3, -0.25) is 9.97 Å². The van der Waals surface area contributed by atoms with Crippen LogP contribution in [-0.4, -0.2) is 41.8 Å². The van der Waals surface area contributed by atoms with Crippen LogP contribution in [0.4, 0.5) is 5.69 Å². The summed E-state index contributed by atoms with van der Waals surface area (Å²) in [6.07, 6.45) is 8.55. The predicted molar refractivity (Wildman–Crippen MR) is 133 cm³/mol. The minimum atomic E-state index is 0.501. The summed E-state index contributed by atoms with van der Waals surface area (Å²) in [6, 6.07) is 15.2. The van der Waals surface area contributed by atoms with Gasteiger partial charge in [0.05, 0.1) is 12.1 Å². The molecule has 0 unspecified atom stereocenters. The highest BCUT2D eigenvalue weighted by atomic mass is 35.5. The summed E-state index contributed by atoms with van der Waals surface area (Å²) < 4.78 is 5.81. The van der Waals surface area contributed by atoms with Gasteiger partial charge < -0.3 is 15.4 Å². The van der Waals surface area contributed by atoms with Crippen LogP contribution >= 0.6 is 11.6 Å². The quantitative estimate of drug-likeness (QED) is 0.395. The predicted octanol–water partition coefficient (Wildman–Crippen LogP) is 5.55. The van der Waals surface area contributed by atoms with Gasteiger partial charge in [0, 0.05) is 58.9 Å². The van der Waals surface area contributed by atoms with Crippen molar-refractivity contribution in [2.24, 2.45) is 0 Å². The SMILES string of the molecule is Cc1cccc(CCCOCCN[C@H]2CC[C@@H](Nc3ccnc4cc(Cl)ccc34)CC2)n1. The molecule has 5 nitrogen and oxygen atoms in total. The first kappa shape index (κ1) is 23.0. The average Bonchev–Trinajstić information content (AvgIpc) is 2.79. The summed E-state index contributed by atoms with van der Waals surface area (Å²) in [5.74, 6) is 0. The first-order chi connectivity index (χ1) is 15.7. The van der Waals surface area contributed by atoms with E-state index in [-0.39, 0.29) is 0 Å². The van der Waals surface area contributed by atoms with Gasteiger partial charge in [0.2, 0.25) is 0 Å². The zero-order valence-corrected chi connectivity index (χ0v) is 19.6. The van der Waals surface area contributed by atoms with Crippen molar-refractivity contribution >= 4 is 28.2 Å². The second-order valence-electron chi connectivity index (χ2n) is 8.65. The van der Waals surface area contributed by atoms with Gasteiger partial charge in [0.25, 0.3) is 0 Å². The number of rotatable bonds is 10. The summed E-state index contributed by atoms with van der Waals surface area (Å²) in [5.41, 5.74) is 4.32. The van der Waals surface area contributed by atoms with Crippen molar-refractivity contribution in [1.82, 2.24) is 15.3 Å². The molecule has 3 aromatic rings. The van der Waals surface area contributed by atoms with Crippen LogP contribution in [0.25, 0.3) is 10.9 Å². The molecule has 1 saturated carbocycles. The third-order valence-corrected chi connectivity index (χ3v) is 6.37. The Morgan fingerprint density at radius 3 is 2.72 bits per heavy atom. The fourth-order valence-corrected chi connectivity index (χ4v) is 4.61. The number of nitrogens with one attached hydrogen (secondary N) is 2. The highest BCUT2D eigenvalue weighted by Gasteiger charge is 2.21. The molecule has 2 heterocycles. The van der Waals surface area contributed by atoms with E-state index in [0.717, 1.165) is 65.6 Å².